The lowest BCUT2D eigenvalue weighted by Gasteiger charge is -2.07. The molecule has 0 unspecified atom stereocenters. The van der Waals surface area contributed by atoms with E-state index in [4.69, 9.17) is 11.5 Å². The van der Waals surface area contributed by atoms with Crippen LogP contribution in [0, 0.1) is 5.82 Å². The summed E-state index contributed by atoms with van der Waals surface area (Å²) in [5.41, 5.74) is 14.3. The molecule has 0 radical (unpaired) electrons. The van der Waals surface area contributed by atoms with Crippen molar-refractivity contribution in [3.63, 3.8) is 0 Å². The van der Waals surface area contributed by atoms with Gasteiger partial charge in [-0.2, -0.15) is 0 Å². The standard InChI is InChI=1S/C12H11FN2/c13-9-6-4-8(5-7-9)10-2-1-3-11(14)12(10)15/h1-7H,14-15H2. The second kappa shape index (κ2) is 3.61. The molecule has 0 amide bonds. The van der Waals surface area contributed by atoms with Crippen molar-refractivity contribution in [2.45, 2.75) is 0 Å². The number of anilines is 2. The van der Waals surface area contributed by atoms with Crippen molar-refractivity contribution in [3.8, 4) is 11.1 Å². The summed E-state index contributed by atoms with van der Waals surface area (Å²) in [5.74, 6) is -0.263. The van der Waals surface area contributed by atoms with Gasteiger partial charge in [-0.1, -0.05) is 24.3 Å². The fourth-order valence-corrected chi connectivity index (χ4v) is 1.46. The van der Waals surface area contributed by atoms with Crippen LogP contribution in [0.4, 0.5) is 15.8 Å². The number of benzene rings is 2. The number of halogens is 1. The van der Waals surface area contributed by atoms with Crippen LogP contribution >= 0.6 is 0 Å². The van der Waals surface area contributed by atoms with E-state index < -0.39 is 0 Å². The summed E-state index contributed by atoms with van der Waals surface area (Å²) in [7, 11) is 0. The van der Waals surface area contributed by atoms with E-state index in [-0.39, 0.29) is 5.82 Å². The third-order valence-electron chi connectivity index (χ3n) is 2.30. The highest BCUT2D eigenvalue weighted by molar-refractivity contribution is 5.84. The maximum atomic E-state index is 12.7. The van der Waals surface area contributed by atoms with E-state index in [1.807, 2.05) is 12.1 Å². The molecule has 0 saturated carbocycles. The molecule has 4 N–H and O–H groups in total. The van der Waals surface area contributed by atoms with Gasteiger partial charge in [0.15, 0.2) is 0 Å². The molecule has 15 heavy (non-hydrogen) atoms. The van der Waals surface area contributed by atoms with Gasteiger partial charge in [-0.15, -0.1) is 0 Å². The number of hydrogen-bond donors (Lipinski definition) is 2. The summed E-state index contributed by atoms with van der Waals surface area (Å²) in [6, 6.07) is 11.6. The maximum Gasteiger partial charge on any atom is 0.123 e. The van der Waals surface area contributed by atoms with Gasteiger partial charge in [-0.3, -0.25) is 0 Å². The van der Waals surface area contributed by atoms with Crippen LogP contribution in [0.5, 0.6) is 0 Å². The smallest absolute Gasteiger partial charge is 0.123 e. The summed E-state index contributed by atoms with van der Waals surface area (Å²) in [6.45, 7) is 0. The molecule has 2 nitrogen and oxygen atoms in total. The molecular formula is C12H11FN2. The average Bonchev–Trinajstić information content (AvgIpc) is 2.24. The second-order valence-electron chi connectivity index (χ2n) is 3.32. The summed E-state index contributed by atoms with van der Waals surface area (Å²) < 4.78 is 12.7. The van der Waals surface area contributed by atoms with Gasteiger partial charge < -0.3 is 11.5 Å². The Morgan fingerprint density at radius 2 is 1.53 bits per heavy atom. The van der Waals surface area contributed by atoms with Gasteiger partial charge in [0, 0.05) is 5.56 Å². The number of nitrogen functional groups attached to an aromatic ring is 2. The predicted octanol–water partition coefficient (Wildman–Crippen LogP) is 2.66. The minimum absolute atomic E-state index is 0.263. The number of nitrogens with two attached hydrogens (primary N) is 2. The van der Waals surface area contributed by atoms with Crippen LogP contribution < -0.4 is 11.5 Å². The molecule has 0 aromatic heterocycles. The molecule has 0 saturated heterocycles. The third-order valence-corrected chi connectivity index (χ3v) is 2.30. The van der Waals surface area contributed by atoms with E-state index in [9.17, 15) is 4.39 Å². The first-order chi connectivity index (χ1) is 7.18. The van der Waals surface area contributed by atoms with Gasteiger partial charge in [0.1, 0.15) is 5.82 Å². The summed E-state index contributed by atoms with van der Waals surface area (Å²) in [5, 5.41) is 0. The van der Waals surface area contributed by atoms with Crippen LogP contribution in [0.1, 0.15) is 0 Å². The SMILES string of the molecule is Nc1cccc(-c2ccc(F)cc2)c1N. The van der Waals surface area contributed by atoms with E-state index in [0.717, 1.165) is 11.1 Å². The molecule has 0 bridgehead atoms. The van der Waals surface area contributed by atoms with Crippen LogP contribution in [0.2, 0.25) is 0 Å². The quantitative estimate of drug-likeness (QED) is 0.698. The Kier molecular flexibility index (Phi) is 2.29. The molecule has 2 aromatic carbocycles. The molecule has 3 heteroatoms. The molecule has 2 aromatic rings. The zero-order valence-electron chi connectivity index (χ0n) is 8.07. The molecule has 0 aliphatic carbocycles. The van der Waals surface area contributed by atoms with Gasteiger partial charge in [0.25, 0.3) is 0 Å². The lowest BCUT2D eigenvalue weighted by atomic mass is 10.0. The third kappa shape index (κ3) is 1.76. The molecule has 0 spiro atoms. The lowest BCUT2D eigenvalue weighted by Crippen LogP contribution is -1.96. The lowest BCUT2D eigenvalue weighted by molar-refractivity contribution is 0.628. The Bertz CT molecular complexity index is 477. The number of rotatable bonds is 1. The predicted molar refractivity (Wildman–Crippen MR) is 60.7 cm³/mol. The number of hydrogen-bond acceptors (Lipinski definition) is 2. The first-order valence-corrected chi connectivity index (χ1v) is 4.58. The van der Waals surface area contributed by atoms with Crippen molar-refractivity contribution in [1.82, 2.24) is 0 Å². The zero-order chi connectivity index (χ0) is 10.8. The van der Waals surface area contributed by atoms with Crippen LogP contribution in [0.25, 0.3) is 11.1 Å². The van der Waals surface area contributed by atoms with Gasteiger partial charge >= 0.3 is 0 Å². The Labute approximate surface area is 87.3 Å². The van der Waals surface area contributed by atoms with Crippen LogP contribution in [0.3, 0.4) is 0 Å². The summed E-state index contributed by atoms with van der Waals surface area (Å²) >= 11 is 0. The summed E-state index contributed by atoms with van der Waals surface area (Å²) in [6.07, 6.45) is 0. The van der Waals surface area contributed by atoms with Crippen molar-refractivity contribution < 1.29 is 4.39 Å². The monoisotopic (exact) mass is 202 g/mol. The zero-order valence-corrected chi connectivity index (χ0v) is 8.07. The van der Waals surface area contributed by atoms with Gasteiger partial charge in [0.05, 0.1) is 11.4 Å². The van der Waals surface area contributed by atoms with E-state index in [1.165, 1.54) is 12.1 Å². The van der Waals surface area contributed by atoms with Crippen LogP contribution in [-0.4, -0.2) is 0 Å². The largest absolute Gasteiger partial charge is 0.397 e. The molecular weight excluding hydrogens is 191 g/mol. The van der Waals surface area contributed by atoms with Crippen molar-refractivity contribution in [1.29, 1.82) is 0 Å². The fourth-order valence-electron chi connectivity index (χ4n) is 1.46. The van der Waals surface area contributed by atoms with Crippen LogP contribution in [0.15, 0.2) is 42.5 Å². The first kappa shape index (κ1) is 9.52. The van der Waals surface area contributed by atoms with E-state index in [0.29, 0.717) is 11.4 Å². The average molecular weight is 202 g/mol. The Hall–Kier alpha value is -2.03. The van der Waals surface area contributed by atoms with E-state index >= 15 is 0 Å². The van der Waals surface area contributed by atoms with Crippen molar-refractivity contribution in [3.05, 3.63) is 48.3 Å². The fraction of sp³-hybridized carbons (Fsp3) is 0. The van der Waals surface area contributed by atoms with E-state index in [1.54, 1.807) is 18.2 Å². The highest BCUT2D eigenvalue weighted by Gasteiger charge is 2.04. The van der Waals surface area contributed by atoms with Crippen molar-refractivity contribution in [2.24, 2.45) is 0 Å². The molecule has 0 atom stereocenters. The molecule has 0 aliphatic rings. The molecule has 0 heterocycles. The minimum Gasteiger partial charge on any atom is -0.397 e. The Balaban J connectivity index is 2.54. The Morgan fingerprint density at radius 1 is 0.867 bits per heavy atom. The van der Waals surface area contributed by atoms with Crippen LogP contribution in [-0.2, 0) is 0 Å². The van der Waals surface area contributed by atoms with Crippen molar-refractivity contribution >= 4 is 11.4 Å². The van der Waals surface area contributed by atoms with E-state index in [2.05, 4.69) is 0 Å². The second-order valence-corrected chi connectivity index (χ2v) is 3.32. The molecule has 0 aliphatic heterocycles. The molecule has 76 valence electrons. The highest BCUT2D eigenvalue weighted by Crippen LogP contribution is 2.29. The first-order valence-electron chi connectivity index (χ1n) is 4.58. The van der Waals surface area contributed by atoms with Gasteiger partial charge in [0.2, 0.25) is 0 Å². The normalized spacial score (nSPS) is 10.2. The maximum absolute atomic E-state index is 12.7. The van der Waals surface area contributed by atoms with Gasteiger partial charge in [-0.05, 0) is 23.8 Å². The summed E-state index contributed by atoms with van der Waals surface area (Å²) in [4.78, 5) is 0. The highest BCUT2D eigenvalue weighted by atomic mass is 19.1. The van der Waals surface area contributed by atoms with Gasteiger partial charge in [-0.25, -0.2) is 4.39 Å². The Morgan fingerprint density at radius 3 is 2.20 bits per heavy atom. The van der Waals surface area contributed by atoms with Crippen molar-refractivity contribution in [2.75, 3.05) is 11.5 Å². The topological polar surface area (TPSA) is 52.0 Å². The number of para-hydroxylation sites is 1. The minimum atomic E-state index is -0.263. The molecule has 0 fully saturated rings. The molecule has 2 rings (SSSR count).